The molecule has 15 heavy (non-hydrogen) atoms. The average Bonchev–Trinajstić information content (AvgIpc) is 2.31. The summed E-state index contributed by atoms with van der Waals surface area (Å²) < 4.78 is 11.1. The Hall–Kier alpha value is -0.580. The fourth-order valence-corrected chi connectivity index (χ4v) is 1.80. The van der Waals surface area contributed by atoms with E-state index < -0.39 is 0 Å². The van der Waals surface area contributed by atoms with Crippen molar-refractivity contribution in [2.45, 2.75) is 44.8 Å². The second-order valence-corrected chi connectivity index (χ2v) is 4.07. The maximum Gasteiger partial charge on any atom is 0.113 e. The summed E-state index contributed by atoms with van der Waals surface area (Å²) in [6, 6.07) is -0.0761. The maximum absolute atomic E-state index is 5.62. The van der Waals surface area contributed by atoms with Gasteiger partial charge in [0.1, 0.15) is 11.8 Å². The van der Waals surface area contributed by atoms with Gasteiger partial charge in [0.2, 0.25) is 0 Å². The molecule has 0 bridgehead atoms. The van der Waals surface area contributed by atoms with Crippen LogP contribution in [-0.4, -0.2) is 25.4 Å². The minimum atomic E-state index is -0.322. The zero-order valence-electron chi connectivity index (χ0n) is 9.88. The molecule has 4 heteroatoms. The topological polar surface area (TPSA) is 56.5 Å². The molecule has 4 nitrogen and oxygen atoms in total. The second-order valence-electron chi connectivity index (χ2n) is 4.07. The van der Waals surface area contributed by atoms with Crippen LogP contribution in [0.4, 0.5) is 0 Å². The van der Waals surface area contributed by atoms with Crippen LogP contribution in [0.2, 0.25) is 0 Å². The van der Waals surface area contributed by atoms with Gasteiger partial charge >= 0.3 is 0 Å². The predicted octanol–water partition coefficient (Wildman–Crippen LogP) is 1.33. The molecule has 88 valence electrons. The smallest absolute Gasteiger partial charge is 0.113 e. The highest BCUT2D eigenvalue weighted by atomic mass is 16.5. The molecule has 1 aliphatic rings. The first-order valence-electron chi connectivity index (χ1n) is 5.52. The highest BCUT2D eigenvalue weighted by Gasteiger charge is 2.36. The molecule has 0 aromatic rings. The van der Waals surface area contributed by atoms with E-state index in [2.05, 4.69) is 18.4 Å². The lowest BCUT2D eigenvalue weighted by Gasteiger charge is -2.37. The Morgan fingerprint density at radius 3 is 2.87 bits per heavy atom. The van der Waals surface area contributed by atoms with Gasteiger partial charge in [-0.3, -0.25) is 5.84 Å². The van der Waals surface area contributed by atoms with E-state index in [9.17, 15) is 0 Å². The highest BCUT2D eigenvalue weighted by Crippen LogP contribution is 2.26. The minimum Gasteiger partial charge on any atom is -0.496 e. The first kappa shape index (κ1) is 12.5. The number of nitrogens with one attached hydrogen (secondary N) is 1. The van der Waals surface area contributed by atoms with Crippen LogP contribution in [0.15, 0.2) is 11.8 Å². The highest BCUT2D eigenvalue weighted by molar-refractivity contribution is 5.12. The lowest BCUT2D eigenvalue weighted by molar-refractivity contribution is -0.0355. The summed E-state index contributed by atoms with van der Waals surface area (Å²) in [5.74, 6) is 6.50. The van der Waals surface area contributed by atoms with E-state index in [0.717, 1.165) is 31.6 Å². The summed E-state index contributed by atoms with van der Waals surface area (Å²) in [4.78, 5) is 0. The van der Waals surface area contributed by atoms with Crippen LogP contribution < -0.4 is 11.3 Å². The van der Waals surface area contributed by atoms with Crippen molar-refractivity contribution in [3.63, 3.8) is 0 Å². The summed E-state index contributed by atoms with van der Waals surface area (Å²) in [5.41, 5.74) is 2.47. The van der Waals surface area contributed by atoms with Gasteiger partial charge in [-0.2, -0.15) is 0 Å². The standard InChI is InChI=1S/C11H22N2O2/c1-4-11(2,14-3)10(13-12)9-7-5-6-8-15-9/h7,10,13H,4-6,8,12H2,1-3H3. The molecule has 2 atom stereocenters. The first-order valence-corrected chi connectivity index (χ1v) is 5.52. The molecule has 2 unspecified atom stereocenters. The van der Waals surface area contributed by atoms with Crippen LogP contribution in [0.1, 0.15) is 33.1 Å². The number of hydrogen-bond acceptors (Lipinski definition) is 4. The SMILES string of the molecule is CCC(C)(OC)C(NN)C1=CCCCO1. The number of ether oxygens (including phenoxy) is 2. The Balaban J connectivity index is 2.81. The Kier molecular flexibility index (Phi) is 4.57. The summed E-state index contributed by atoms with van der Waals surface area (Å²) in [5, 5.41) is 0. The van der Waals surface area contributed by atoms with Crippen LogP contribution >= 0.6 is 0 Å². The van der Waals surface area contributed by atoms with Crippen LogP contribution in [0.5, 0.6) is 0 Å². The fourth-order valence-electron chi connectivity index (χ4n) is 1.80. The average molecular weight is 214 g/mol. The molecule has 0 spiro atoms. The molecule has 0 aromatic carbocycles. The lowest BCUT2D eigenvalue weighted by atomic mass is 9.91. The van der Waals surface area contributed by atoms with Crippen LogP contribution in [0.25, 0.3) is 0 Å². The van der Waals surface area contributed by atoms with Crippen LogP contribution in [-0.2, 0) is 9.47 Å². The zero-order valence-corrected chi connectivity index (χ0v) is 9.88. The van der Waals surface area contributed by atoms with Crippen molar-refractivity contribution in [2.24, 2.45) is 5.84 Å². The van der Waals surface area contributed by atoms with Gasteiger partial charge in [0.05, 0.1) is 12.2 Å². The van der Waals surface area contributed by atoms with E-state index in [0.29, 0.717) is 0 Å². The van der Waals surface area contributed by atoms with Gasteiger partial charge in [-0.1, -0.05) is 6.92 Å². The van der Waals surface area contributed by atoms with E-state index in [-0.39, 0.29) is 11.6 Å². The number of allylic oxidation sites excluding steroid dienone is 1. The molecule has 3 N–H and O–H groups in total. The van der Waals surface area contributed by atoms with Gasteiger partial charge in [-0.15, -0.1) is 0 Å². The van der Waals surface area contributed by atoms with E-state index in [4.69, 9.17) is 15.3 Å². The normalized spacial score (nSPS) is 22.5. The number of hydrazine groups is 1. The van der Waals surface area contributed by atoms with Gasteiger partial charge in [0.15, 0.2) is 0 Å². The molecule has 0 radical (unpaired) electrons. The number of methoxy groups -OCH3 is 1. The monoisotopic (exact) mass is 214 g/mol. The number of rotatable bonds is 5. The van der Waals surface area contributed by atoms with Gasteiger partial charge in [-0.25, -0.2) is 5.43 Å². The number of hydrogen-bond donors (Lipinski definition) is 2. The second kappa shape index (κ2) is 5.49. The largest absolute Gasteiger partial charge is 0.496 e. The molecule has 0 saturated heterocycles. The molecular weight excluding hydrogens is 192 g/mol. The van der Waals surface area contributed by atoms with E-state index in [1.165, 1.54) is 0 Å². The van der Waals surface area contributed by atoms with Gasteiger partial charge in [-0.05, 0) is 32.3 Å². The molecule has 0 fully saturated rings. The molecule has 0 saturated carbocycles. The molecule has 1 rings (SSSR count). The van der Waals surface area contributed by atoms with Crippen molar-refractivity contribution >= 4 is 0 Å². The van der Waals surface area contributed by atoms with Crippen molar-refractivity contribution in [3.05, 3.63) is 11.8 Å². The van der Waals surface area contributed by atoms with Gasteiger partial charge < -0.3 is 9.47 Å². The van der Waals surface area contributed by atoms with E-state index in [1.807, 2.05) is 6.92 Å². The van der Waals surface area contributed by atoms with Gasteiger partial charge in [0, 0.05) is 7.11 Å². The number of nitrogens with two attached hydrogens (primary N) is 1. The summed E-state index contributed by atoms with van der Waals surface area (Å²) in [7, 11) is 1.71. The Bertz CT molecular complexity index is 225. The van der Waals surface area contributed by atoms with Crippen LogP contribution in [0.3, 0.4) is 0 Å². The third-order valence-corrected chi connectivity index (χ3v) is 3.19. The van der Waals surface area contributed by atoms with Crippen molar-refractivity contribution < 1.29 is 9.47 Å². The molecule has 0 amide bonds. The lowest BCUT2D eigenvalue weighted by Crippen LogP contribution is -2.54. The summed E-state index contributed by atoms with van der Waals surface area (Å²) in [6.07, 6.45) is 5.10. The molecular formula is C11H22N2O2. The summed E-state index contributed by atoms with van der Waals surface area (Å²) in [6.45, 7) is 4.89. The van der Waals surface area contributed by atoms with E-state index in [1.54, 1.807) is 7.11 Å². The Morgan fingerprint density at radius 2 is 2.47 bits per heavy atom. The molecule has 1 aliphatic heterocycles. The third-order valence-electron chi connectivity index (χ3n) is 3.19. The quantitative estimate of drug-likeness (QED) is 0.535. The van der Waals surface area contributed by atoms with E-state index >= 15 is 0 Å². The van der Waals surface area contributed by atoms with Crippen LogP contribution in [0, 0.1) is 0 Å². The van der Waals surface area contributed by atoms with Crippen molar-refractivity contribution in [2.75, 3.05) is 13.7 Å². The Morgan fingerprint density at radius 1 is 1.73 bits per heavy atom. The Labute approximate surface area is 91.8 Å². The first-order chi connectivity index (χ1) is 7.18. The van der Waals surface area contributed by atoms with Crippen molar-refractivity contribution in [1.29, 1.82) is 0 Å². The van der Waals surface area contributed by atoms with Crippen molar-refractivity contribution in [1.82, 2.24) is 5.43 Å². The zero-order chi connectivity index (χ0) is 11.3. The minimum absolute atomic E-state index is 0.0761. The predicted molar refractivity (Wildman–Crippen MR) is 60.1 cm³/mol. The fraction of sp³-hybridized carbons (Fsp3) is 0.818. The third kappa shape index (κ3) is 2.71. The van der Waals surface area contributed by atoms with Gasteiger partial charge in [0.25, 0.3) is 0 Å². The molecule has 1 heterocycles. The molecule has 0 aliphatic carbocycles. The van der Waals surface area contributed by atoms with Crippen molar-refractivity contribution in [3.8, 4) is 0 Å². The maximum atomic E-state index is 5.62. The molecule has 0 aromatic heterocycles. The summed E-state index contributed by atoms with van der Waals surface area (Å²) >= 11 is 0.